The lowest BCUT2D eigenvalue weighted by molar-refractivity contribution is -0.148. The number of carboxylic acids is 1. The van der Waals surface area contributed by atoms with E-state index in [0.29, 0.717) is 0 Å². The van der Waals surface area contributed by atoms with Crippen LogP contribution < -0.4 is 10.6 Å². The van der Waals surface area contributed by atoms with Crippen molar-refractivity contribution < 1.29 is 24.2 Å². The van der Waals surface area contributed by atoms with Crippen molar-refractivity contribution in [3.8, 4) is 0 Å². The van der Waals surface area contributed by atoms with Crippen LogP contribution in [-0.4, -0.2) is 67.3 Å². The number of carboxylic acid groups (broad SMARTS) is 1. The molecule has 0 aromatic carbocycles. The quantitative estimate of drug-likeness (QED) is 0.552. The average Bonchev–Trinajstić information content (AvgIpc) is 3.12. The van der Waals surface area contributed by atoms with Crippen LogP contribution >= 0.6 is 0 Å². The highest BCUT2D eigenvalue weighted by Gasteiger charge is 2.24. The van der Waals surface area contributed by atoms with Gasteiger partial charge in [0.15, 0.2) is 6.10 Å². The van der Waals surface area contributed by atoms with Gasteiger partial charge in [-0.3, -0.25) is 4.79 Å². The first-order chi connectivity index (χ1) is 8.93. The molecule has 0 saturated heterocycles. The Kier molecular flexibility index (Phi) is 5.56. The SMILES string of the molecule is COC(CNC(=O)N(C)CC(=O)NC1CC1)C(=O)O. The van der Waals surface area contributed by atoms with Gasteiger partial charge in [0, 0.05) is 20.2 Å². The van der Waals surface area contributed by atoms with Crippen molar-refractivity contribution in [1.82, 2.24) is 15.5 Å². The normalized spacial score (nSPS) is 15.5. The number of nitrogens with zero attached hydrogens (tertiary/aromatic N) is 1. The molecule has 1 fully saturated rings. The molecule has 1 unspecified atom stereocenters. The van der Waals surface area contributed by atoms with E-state index in [9.17, 15) is 14.4 Å². The summed E-state index contributed by atoms with van der Waals surface area (Å²) < 4.78 is 4.67. The maximum atomic E-state index is 11.6. The van der Waals surface area contributed by atoms with E-state index in [1.165, 1.54) is 19.1 Å². The molecule has 0 spiro atoms. The third kappa shape index (κ3) is 5.56. The van der Waals surface area contributed by atoms with Gasteiger partial charge < -0.3 is 25.4 Å². The van der Waals surface area contributed by atoms with Crippen LogP contribution in [0.5, 0.6) is 0 Å². The molecule has 8 heteroatoms. The van der Waals surface area contributed by atoms with Gasteiger partial charge in [0.2, 0.25) is 5.91 Å². The summed E-state index contributed by atoms with van der Waals surface area (Å²) in [5.41, 5.74) is 0. The predicted molar refractivity (Wildman–Crippen MR) is 65.6 cm³/mol. The molecule has 1 atom stereocenters. The molecule has 108 valence electrons. The molecule has 1 aliphatic carbocycles. The number of ether oxygens (including phenoxy) is 1. The molecule has 1 rings (SSSR count). The van der Waals surface area contributed by atoms with Crippen LogP contribution in [0.1, 0.15) is 12.8 Å². The van der Waals surface area contributed by atoms with Crippen molar-refractivity contribution in [3.63, 3.8) is 0 Å². The first kappa shape index (κ1) is 15.2. The Morgan fingerprint density at radius 2 is 2.05 bits per heavy atom. The predicted octanol–water partition coefficient (Wildman–Crippen LogP) is -0.994. The second kappa shape index (κ2) is 6.93. The van der Waals surface area contributed by atoms with E-state index in [1.54, 1.807) is 0 Å². The van der Waals surface area contributed by atoms with Crippen LogP contribution in [0.4, 0.5) is 4.79 Å². The standard InChI is InChI=1S/C11H19N3O5/c1-14(6-9(15)13-7-3-4-7)11(18)12-5-8(19-2)10(16)17/h7-8H,3-6H2,1-2H3,(H,12,18)(H,13,15)(H,16,17). The van der Waals surface area contributed by atoms with Crippen molar-refractivity contribution in [2.45, 2.75) is 25.0 Å². The molecule has 1 saturated carbocycles. The third-order valence-electron chi connectivity index (χ3n) is 2.67. The Bertz CT molecular complexity index is 356. The first-order valence-corrected chi connectivity index (χ1v) is 5.98. The second-order valence-electron chi connectivity index (χ2n) is 4.45. The van der Waals surface area contributed by atoms with Crippen LogP contribution in [0.3, 0.4) is 0 Å². The largest absolute Gasteiger partial charge is 0.479 e. The van der Waals surface area contributed by atoms with Gasteiger partial charge in [-0.05, 0) is 12.8 Å². The smallest absolute Gasteiger partial charge is 0.334 e. The Morgan fingerprint density at radius 3 is 2.53 bits per heavy atom. The lowest BCUT2D eigenvalue weighted by Crippen LogP contribution is -2.46. The number of amides is 3. The maximum Gasteiger partial charge on any atom is 0.334 e. The summed E-state index contributed by atoms with van der Waals surface area (Å²) in [6, 6.07) is -0.275. The molecule has 3 N–H and O–H groups in total. The Hall–Kier alpha value is -1.83. The van der Waals surface area contributed by atoms with Gasteiger partial charge in [-0.25, -0.2) is 9.59 Å². The zero-order valence-corrected chi connectivity index (χ0v) is 11.0. The van der Waals surface area contributed by atoms with Crippen molar-refractivity contribution in [2.24, 2.45) is 0 Å². The van der Waals surface area contributed by atoms with Gasteiger partial charge in [-0.2, -0.15) is 0 Å². The number of hydrogen-bond acceptors (Lipinski definition) is 4. The van der Waals surface area contributed by atoms with Gasteiger partial charge in [-0.1, -0.05) is 0 Å². The molecule has 3 amide bonds. The Labute approximate surface area is 111 Å². The van der Waals surface area contributed by atoms with Gasteiger partial charge >= 0.3 is 12.0 Å². The number of urea groups is 1. The zero-order chi connectivity index (χ0) is 14.4. The summed E-state index contributed by atoms with van der Waals surface area (Å²) in [6.45, 7) is -0.216. The summed E-state index contributed by atoms with van der Waals surface area (Å²) in [5.74, 6) is -1.38. The number of rotatable bonds is 7. The van der Waals surface area contributed by atoms with E-state index in [2.05, 4.69) is 15.4 Å². The molecular formula is C11H19N3O5. The third-order valence-corrected chi connectivity index (χ3v) is 2.67. The molecule has 0 aromatic heterocycles. The molecule has 1 aliphatic rings. The average molecular weight is 273 g/mol. The zero-order valence-electron chi connectivity index (χ0n) is 11.0. The van der Waals surface area contributed by atoms with Crippen LogP contribution in [-0.2, 0) is 14.3 Å². The molecule has 19 heavy (non-hydrogen) atoms. The van der Waals surface area contributed by atoms with Crippen LogP contribution in [0, 0.1) is 0 Å². The van der Waals surface area contributed by atoms with Gasteiger partial charge in [0.05, 0.1) is 6.54 Å². The maximum absolute atomic E-state index is 11.6. The number of likely N-dealkylation sites (N-methyl/N-ethyl adjacent to an activating group) is 1. The number of carbonyl (C=O) groups excluding carboxylic acids is 2. The fraction of sp³-hybridized carbons (Fsp3) is 0.727. The lowest BCUT2D eigenvalue weighted by Gasteiger charge is -2.19. The van der Waals surface area contributed by atoms with Crippen molar-refractivity contribution >= 4 is 17.9 Å². The first-order valence-electron chi connectivity index (χ1n) is 5.98. The molecule has 0 heterocycles. The van der Waals surface area contributed by atoms with Crippen LogP contribution in [0.2, 0.25) is 0 Å². The summed E-state index contributed by atoms with van der Waals surface area (Å²) in [5, 5.41) is 13.9. The number of carbonyl (C=O) groups is 3. The van der Waals surface area contributed by atoms with Crippen LogP contribution in [0.15, 0.2) is 0 Å². The molecular weight excluding hydrogens is 254 g/mol. The second-order valence-corrected chi connectivity index (χ2v) is 4.45. The fourth-order valence-electron chi connectivity index (χ4n) is 1.37. The minimum atomic E-state index is -1.16. The minimum absolute atomic E-state index is 0.0624. The van der Waals surface area contributed by atoms with E-state index in [4.69, 9.17) is 5.11 Å². The van der Waals surface area contributed by atoms with Gasteiger partial charge in [0.25, 0.3) is 0 Å². The van der Waals surface area contributed by atoms with Gasteiger partial charge in [-0.15, -0.1) is 0 Å². The summed E-state index contributed by atoms with van der Waals surface area (Å²) in [7, 11) is 2.71. The number of nitrogens with one attached hydrogen (secondary N) is 2. The van der Waals surface area contributed by atoms with Crippen molar-refractivity contribution in [2.75, 3.05) is 27.2 Å². The highest BCUT2D eigenvalue weighted by atomic mass is 16.5. The lowest BCUT2D eigenvalue weighted by atomic mass is 10.3. The topological polar surface area (TPSA) is 108 Å². The number of methoxy groups -OCH3 is 1. The summed E-state index contributed by atoms with van der Waals surface area (Å²) in [6.07, 6.45) is 0.864. The molecule has 0 radical (unpaired) electrons. The minimum Gasteiger partial charge on any atom is -0.479 e. The Balaban J connectivity index is 2.26. The number of hydrogen-bond donors (Lipinski definition) is 3. The molecule has 0 aliphatic heterocycles. The number of aliphatic carboxylic acids is 1. The monoisotopic (exact) mass is 273 g/mol. The molecule has 8 nitrogen and oxygen atoms in total. The van der Waals surface area contributed by atoms with E-state index in [0.717, 1.165) is 12.8 Å². The van der Waals surface area contributed by atoms with Crippen molar-refractivity contribution in [3.05, 3.63) is 0 Å². The van der Waals surface area contributed by atoms with E-state index < -0.39 is 18.1 Å². The highest BCUT2D eigenvalue weighted by Crippen LogP contribution is 2.18. The van der Waals surface area contributed by atoms with Gasteiger partial charge in [0.1, 0.15) is 6.54 Å². The summed E-state index contributed by atoms with van der Waals surface area (Å²) >= 11 is 0. The van der Waals surface area contributed by atoms with E-state index in [-0.39, 0.29) is 25.0 Å². The highest BCUT2D eigenvalue weighted by molar-refractivity contribution is 5.84. The Morgan fingerprint density at radius 1 is 1.42 bits per heavy atom. The van der Waals surface area contributed by atoms with E-state index in [1.807, 2.05) is 0 Å². The van der Waals surface area contributed by atoms with E-state index >= 15 is 0 Å². The molecule has 0 aromatic rings. The fourth-order valence-corrected chi connectivity index (χ4v) is 1.37. The van der Waals surface area contributed by atoms with Crippen LogP contribution in [0.25, 0.3) is 0 Å². The van der Waals surface area contributed by atoms with Crippen molar-refractivity contribution in [1.29, 1.82) is 0 Å². The molecule has 0 bridgehead atoms. The summed E-state index contributed by atoms with van der Waals surface area (Å²) in [4.78, 5) is 34.9.